The number of nitrogens with one attached hydrogen (secondary N) is 1. The summed E-state index contributed by atoms with van der Waals surface area (Å²) in [6.45, 7) is 9.28. The van der Waals surface area contributed by atoms with Gasteiger partial charge < -0.3 is 15.0 Å². The van der Waals surface area contributed by atoms with Crippen molar-refractivity contribution in [3.8, 4) is 0 Å². The molecule has 0 bridgehead atoms. The normalized spacial score (nSPS) is 23.3. The minimum atomic E-state index is -0.0422. The van der Waals surface area contributed by atoms with Crippen LogP contribution >= 0.6 is 0 Å². The van der Waals surface area contributed by atoms with E-state index >= 15 is 0 Å². The molecule has 2 amide bonds. The first-order chi connectivity index (χ1) is 8.97. The zero-order valence-electron chi connectivity index (χ0n) is 12.1. The summed E-state index contributed by atoms with van der Waals surface area (Å²) in [6.07, 6.45) is 0.180. The SMILES string of the molecule is Cc1cccc(C)c1NC(=O)N1C[C@@H](C)O[C@H](C)C1. The second kappa shape index (κ2) is 5.61. The summed E-state index contributed by atoms with van der Waals surface area (Å²) in [7, 11) is 0. The molecule has 1 aromatic carbocycles. The number of ether oxygens (including phenoxy) is 1. The number of hydrogen-bond acceptors (Lipinski definition) is 2. The molecule has 1 fully saturated rings. The molecule has 1 saturated heterocycles. The van der Waals surface area contributed by atoms with E-state index in [1.807, 2.05) is 50.8 Å². The highest BCUT2D eigenvalue weighted by Gasteiger charge is 2.26. The maximum Gasteiger partial charge on any atom is 0.322 e. The van der Waals surface area contributed by atoms with Crippen LogP contribution in [0.3, 0.4) is 0 Å². The number of urea groups is 1. The van der Waals surface area contributed by atoms with Crippen LogP contribution in [0.15, 0.2) is 18.2 Å². The molecule has 0 radical (unpaired) electrons. The molecule has 1 aliphatic rings. The van der Waals surface area contributed by atoms with E-state index in [4.69, 9.17) is 4.74 Å². The molecule has 0 saturated carbocycles. The van der Waals surface area contributed by atoms with Gasteiger partial charge in [0.1, 0.15) is 0 Å². The predicted octanol–water partition coefficient (Wildman–Crippen LogP) is 2.94. The van der Waals surface area contributed by atoms with E-state index in [1.165, 1.54) is 0 Å². The van der Waals surface area contributed by atoms with E-state index in [1.54, 1.807) is 0 Å². The molecule has 2 atom stereocenters. The smallest absolute Gasteiger partial charge is 0.322 e. The summed E-state index contributed by atoms with van der Waals surface area (Å²) in [5.74, 6) is 0. The van der Waals surface area contributed by atoms with Crippen LogP contribution in [-0.4, -0.2) is 36.2 Å². The summed E-state index contributed by atoms with van der Waals surface area (Å²) >= 11 is 0. The first kappa shape index (κ1) is 13.9. The van der Waals surface area contributed by atoms with E-state index in [9.17, 15) is 4.79 Å². The molecule has 1 aromatic rings. The van der Waals surface area contributed by atoms with E-state index in [2.05, 4.69) is 5.32 Å². The second-order valence-corrected chi connectivity index (χ2v) is 5.36. The fraction of sp³-hybridized carbons (Fsp3) is 0.533. The van der Waals surface area contributed by atoms with Crippen LogP contribution in [0.1, 0.15) is 25.0 Å². The number of rotatable bonds is 1. The Kier molecular flexibility index (Phi) is 4.10. The van der Waals surface area contributed by atoms with E-state index in [0.717, 1.165) is 16.8 Å². The average Bonchev–Trinajstić information content (AvgIpc) is 2.32. The van der Waals surface area contributed by atoms with Crippen molar-refractivity contribution in [3.63, 3.8) is 0 Å². The molecule has 1 aliphatic heterocycles. The Balaban J connectivity index is 2.08. The summed E-state index contributed by atoms with van der Waals surface area (Å²) in [5, 5.41) is 3.02. The van der Waals surface area contributed by atoms with E-state index in [0.29, 0.717) is 13.1 Å². The van der Waals surface area contributed by atoms with E-state index < -0.39 is 0 Å². The van der Waals surface area contributed by atoms with Gasteiger partial charge in [0.05, 0.1) is 12.2 Å². The Labute approximate surface area is 114 Å². The van der Waals surface area contributed by atoms with Crippen molar-refractivity contribution < 1.29 is 9.53 Å². The van der Waals surface area contributed by atoms with Gasteiger partial charge in [-0.25, -0.2) is 4.79 Å². The van der Waals surface area contributed by atoms with Crippen LogP contribution < -0.4 is 5.32 Å². The fourth-order valence-electron chi connectivity index (χ4n) is 2.54. The van der Waals surface area contributed by atoms with E-state index in [-0.39, 0.29) is 18.2 Å². The molecule has 19 heavy (non-hydrogen) atoms. The summed E-state index contributed by atoms with van der Waals surface area (Å²) in [4.78, 5) is 14.1. The van der Waals surface area contributed by atoms with Crippen LogP contribution in [0.4, 0.5) is 10.5 Å². The molecule has 0 spiro atoms. The predicted molar refractivity (Wildman–Crippen MR) is 76.5 cm³/mol. The molecular weight excluding hydrogens is 240 g/mol. The third-order valence-corrected chi connectivity index (χ3v) is 3.42. The van der Waals surface area contributed by atoms with Crippen molar-refractivity contribution >= 4 is 11.7 Å². The Morgan fingerprint density at radius 3 is 2.26 bits per heavy atom. The zero-order valence-corrected chi connectivity index (χ0v) is 12.1. The lowest BCUT2D eigenvalue weighted by molar-refractivity contribution is -0.0530. The number of carbonyl (C=O) groups is 1. The Morgan fingerprint density at radius 2 is 1.74 bits per heavy atom. The Hall–Kier alpha value is -1.55. The molecule has 1 N–H and O–H groups in total. The fourth-order valence-corrected chi connectivity index (χ4v) is 2.54. The molecule has 1 heterocycles. The minimum Gasteiger partial charge on any atom is -0.372 e. The number of morpholine rings is 1. The van der Waals surface area contributed by atoms with Crippen molar-refractivity contribution in [2.75, 3.05) is 18.4 Å². The number of hydrogen-bond donors (Lipinski definition) is 1. The Bertz CT molecular complexity index is 443. The van der Waals surface area contributed by atoms with Crippen LogP contribution in [-0.2, 0) is 4.74 Å². The maximum atomic E-state index is 12.3. The highest BCUT2D eigenvalue weighted by atomic mass is 16.5. The van der Waals surface area contributed by atoms with Crippen molar-refractivity contribution in [2.24, 2.45) is 0 Å². The van der Waals surface area contributed by atoms with Gasteiger partial charge in [-0.1, -0.05) is 18.2 Å². The average molecular weight is 262 g/mol. The van der Waals surface area contributed by atoms with Crippen LogP contribution in [0, 0.1) is 13.8 Å². The zero-order chi connectivity index (χ0) is 14.0. The highest BCUT2D eigenvalue weighted by Crippen LogP contribution is 2.20. The lowest BCUT2D eigenvalue weighted by Crippen LogP contribution is -2.49. The summed E-state index contributed by atoms with van der Waals surface area (Å²) in [6, 6.07) is 5.97. The van der Waals surface area contributed by atoms with Crippen molar-refractivity contribution in [1.29, 1.82) is 0 Å². The van der Waals surface area contributed by atoms with Gasteiger partial charge in [0.2, 0.25) is 0 Å². The quantitative estimate of drug-likeness (QED) is 0.845. The largest absolute Gasteiger partial charge is 0.372 e. The number of carbonyl (C=O) groups excluding carboxylic acids is 1. The van der Waals surface area contributed by atoms with Gasteiger partial charge in [-0.05, 0) is 38.8 Å². The molecule has 2 rings (SSSR count). The molecule has 4 nitrogen and oxygen atoms in total. The number of anilines is 1. The summed E-state index contributed by atoms with van der Waals surface area (Å²) in [5.41, 5.74) is 3.09. The monoisotopic (exact) mass is 262 g/mol. The maximum absolute atomic E-state index is 12.3. The Morgan fingerprint density at radius 1 is 1.21 bits per heavy atom. The van der Waals surface area contributed by atoms with Crippen LogP contribution in [0.5, 0.6) is 0 Å². The molecule has 104 valence electrons. The van der Waals surface area contributed by atoms with Gasteiger partial charge in [-0.3, -0.25) is 0 Å². The molecule has 0 aliphatic carbocycles. The number of amides is 2. The van der Waals surface area contributed by atoms with Gasteiger partial charge in [-0.2, -0.15) is 0 Å². The molecular formula is C15H22N2O2. The third-order valence-electron chi connectivity index (χ3n) is 3.42. The summed E-state index contributed by atoms with van der Waals surface area (Å²) < 4.78 is 5.64. The topological polar surface area (TPSA) is 41.6 Å². The highest BCUT2D eigenvalue weighted by molar-refractivity contribution is 5.91. The number of aryl methyl sites for hydroxylation is 2. The van der Waals surface area contributed by atoms with Crippen LogP contribution in [0.2, 0.25) is 0 Å². The van der Waals surface area contributed by atoms with Crippen LogP contribution in [0.25, 0.3) is 0 Å². The minimum absolute atomic E-state index is 0.0422. The third kappa shape index (κ3) is 3.26. The van der Waals surface area contributed by atoms with Gasteiger partial charge in [0.25, 0.3) is 0 Å². The van der Waals surface area contributed by atoms with Gasteiger partial charge >= 0.3 is 6.03 Å². The van der Waals surface area contributed by atoms with Crippen molar-refractivity contribution in [1.82, 2.24) is 4.90 Å². The number of para-hydroxylation sites is 1. The van der Waals surface area contributed by atoms with Crippen molar-refractivity contribution in [2.45, 2.75) is 39.9 Å². The first-order valence-corrected chi connectivity index (χ1v) is 6.75. The van der Waals surface area contributed by atoms with Gasteiger partial charge in [0.15, 0.2) is 0 Å². The lowest BCUT2D eigenvalue weighted by atomic mass is 10.1. The lowest BCUT2D eigenvalue weighted by Gasteiger charge is -2.35. The molecule has 0 aromatic heterocycles. The first-order valence-electron chi connectivity index (χ1n) is 6.75. The van der Waals surface area contributed by atoms with Gasteiger partial charge in [0, 0.05) is 18.8 Å². The van der Waals surface area contributed by atoms with Crippen molar-refractivity contribution in [3.05, 3.63) is 29.3 Å². The van der Waals surface area contributed by atoms with Gasteiger partial charge in [-0.15, -0.1) is 0 Å². The number of benzene rings is 1. The molecule has 0 unspecified atom stereocenters. The standard InChI is InChI=1S/C15H22N2O2/c1-10-6-5-7-11(2)14(10)16-15(18)17-8-12(3)19-13(4)9-17/h5-7,12-13H,8-9H2,1-4H3,(H,16,18)/t12-,13-/m1/s1. The molecule has 4 heteroatoms. The number of nitrogens with zero attached hydrogens (tertiary/aromatic N) is 1. The second-order valence-electron chi connectivity index (χ2n) is 5.36.